The van der Waals surface area contributed by atoms with Crippen molar-refractivity contribution in [1.82, 2.24) is 14.9 Å². The number of benzene rings is 3. The fraction of sp³-hybridized carbons (Fsp3) is 0.200. The van der Waals surface area contributed by atoms with Crippen molar-refractivity contribution in [2.45, 2.75) is 19.9 Å². The van der Waals surface area contributed by atoms with Gasteiger partial charge in [0.15, 0.2) is 0 Å². The zero-order valence-electron chi connectivity index (χ0n) is 17.8. The summed E-state index contributed by atoms with van der Waals surface area (Å²) in [6, 6.07) is 23.4. The normalized spacial score (nSPS) is 10.8. The Morgan fingerprint density at radius 2 is 1.77 bits per heavy atom. The number of H-pyrrole nitrogens is 1. The van der Waals surface area contributed by atoms with Gasteiger partial charge in [0.05, 0.1) is 18.1 Å². The molecule has 0 aliphatic carbocycles. The van der Waals surface area contributed by atoms with Crippen LogP contribution < -0.4 is 10.1 Å². The van der Waals surface area contributed by atoms with Crippen LogP contribution in [0.5, 0.6) is 5.75 Å². The van der Waals surface area contributed by atoms with Crippen LogP contribution in [-0.4, -0.2) is 34.6 Å². The summed E-state index contributed by atoms with van der Waals surface area (Å²) in [5, 5.41) is 2.99. The molecule has 4 rings (SSSR count). The van der Waals surface area contributed by atoms with Crippen LogP contribution in [0.15, 0.2) is 72.8 Å². The molecule has 0 fully saturated rings. The average Bonchev–Trinajstić information content (AvgIpc) is 3.21. The Balaban J connectivity index is 1.49. The van der Waals surface area contributed by atoms with E-state index in [1.165, 1.54) is 5.56 Å². The molecule has 4 aromatic rings. The van der Waals surface area contributed by atoms with Gasteiger partial charge < -0.3 is 19.9 Å². The number of carbonyl (C=O) groups excluding carboxylic acids is 1. The summed E-state index contributed by atoms with van der Waals surface area (Å²) in [4.78, 5) is 22.9. The molecule has 2 N–H and O–H groups in total. The minimum absolute atomic E-state index is 0.151. The van der Waals surface area contributed by atoms with Crippen molar-refractivity contribution in [2.75, 3.05) is 19.0 Å². The SMILES string of the molecule is COc1ccc(NC(=O)N(CCc2nc3ccccc3[nH]2)Cc2ccc(C)cc2)cc1. The number of methoxy groups -OCH3 is 1. The molecule has 0 spiro atoms. The largest absolute Gasteiger partial charge is 0.497 e. The number of imidazole rings is 1. The quantitative estimate of drug-likeness (QED) is 0.439. The lowest BCUT2D eigenvalue weighted by Crippen LogP contribution is -2.36. The molecule has 0 bridgehead atoms. The first-order valence-corrected chi connectivity index (χ1v) is 10.3. The Bertz CT molecular complexity index is 1120. The number of urea groups is 1. The van der Waals surface area contributed by atoms with Crippen molar-refractivity contribution in [2.24, 2.45) is 0 Å². The molecule has 158 valence electrons. The molecule has 6 nitrogen and oxygen atoms in total. The van der Waals surface area contributed by atoms with E-state index in [1.54, 1.807) is 7.11 Å². The van der Waals surface area contributed by atoms with Crippen molar-refractivity contribution >= 4 is 22.8 Å². The van der Waals surface area contributed by atoms with E-state index in [4.69, 9.17) is 4.74 Å². The molecular formula is C25H26N4O2. The molecule has 0 aliphatic rings. The van der Waals surface area contributed by atoms with Crippen LogP contribution in [0.1, 0.15) is 17.0 Å². The molecule has 3 aromatic carbocycles. The molecule has 0 saturated carbocycles. The van der Waals surface area contributed by atoms with Crippen LogP contribution in [0.3, 0.4) is 0 Å². The standard InChI is InChI=1S/C25H26N4O2/c1-18-7-9-19(10-8-18)17-29(25(30)26-20-11-13-21(31-2)14-12-20)16-15-24-27-22-5-3-4-6-23(22)28-24/h3-14H,15-17H2,1-2H3,(H,26,30)(H,27,28). The highest BCUT2D eigenvalue weighted by molar-refractivity contribution is 5.89. The molecule has 0 unspecified atom stereocenters. The molecule has 31 heavy (non-hydrogen) atoms. The topological polar surface area (TPSA) is 70.2 Å². The highest BCUT2D eigenvalue weighted by atomic mass is 16.5. The number of aromatic nitrogens is 2. The number of anilines is 1. The van der Waals surface area contributed by atoms with Crippen molar-refractivity contribution in [3.8, 4) is 5.75 Å². The van der Waals surface area contributed by atoms with E-state index in [2.05, 4.69) is 46.5 Å². The van der Waals surface area contributed by atoms with E-state index in [1.807, 2.05) is 53.4 Å². The number of fused-ring (bicyclic) bond motifs is 1. The van der Waals surface area contributed by atoms with Gasteiger partial charge in [-0.3, -0.25) is 0 Å². The zero-order valence-corrected chi connectivity index (χ0v) is 17.8. The maximum Gasteiger partial charge on any atom is 0.322 e. The van der Waals surface area contributed by atoms with Gasteiger partial charge in [-0.1, -0.05) is 42.0 Å². The molecule has 0 saturated heterocycles. The number of nitrogens with zero attached hydrogens (tertiary/aromatic N) is 2. The van der Waals surface area contributed by atoms with Gasteiger partial charge in [0.1, 0.15) is 11.6 Å². The van der Waals surface area contributed by atoms with Crippen LogP contribution >= 0.6 is 0 Å². The molecule has 0 atom stereocenters. The van der Waals surface area contributed by atoms with Crippen LogP contribution in [0.2, 0.25) is 0 Å². The van der Waals surface area contributed by atoms with Crippen LogP contribution in [-0.2, 0) is 13.0 Å². The maximum absolute atomic E-state index is 13.1. The molecule has 0 aliphatic heterocycles. The number of aromatic amines is 1. The molecule has 2 amide bonds. The van der Waals surface area contributed by atoms with Crippen LogP contribution in [0, 0.1) is 6.92 Å². The molecular weight excluding hydrogens is 388 g/mol. The fourth-order valence-electron chi connectivity index (χ4n) is 3.41. The number of hydrogen-bond donors (Lipinski definition) is 2. The third-order valence-corrected chi connectivity index (χ3v) is 5.18. The van der Waals surface area contributed by atoms with E-state index in [-0.39, 0.29) is 6.03 Å². The first-order valence-electron chi connectivity index (χ1n) is 10.3. The van der Waals surface area contributed by atoms with E-state index in [9.17, 15) is 4.79 Å². The first kappa shape index (κ1) is 20.5. The van der Waals surface area contributed by atoms with Crippen molar-refractivity contribution in [3.63, 3.8) is 0 Å². The third kappa shape index (κ3) is 5.22. The Kier molecular flexibility index (Phi) is 6.17. The van der Waals surface area contributed by atoms with Gasteiger partial charge in [-0.25, -0.2) is 9.78 Å². The summed E-state index contributed by atoms with van der Waals surface area (Å²) in [7, 11) is 1.62. The lowest BCUT2D eigenvalue weighted by Gasteiger charge is -2.23. The minimum atomic E-state index is -0.151. The number of para-hydroxylation sites is 2. The van der Waals surface area contributed by atoms with Crippen molar-refractivity contribution in [1.29, 1.82) is 0 Å². The van der Waals surface area contributed by atoms with Gasteiger partial charge in [0.25, 0.3) is 0 Å². The van der Waals surface area contributed by atoms with Crippen molar-refractivity contribution < 1.29 is 9.53 Å². The van der Waals surface area contributed by atoms with Crippen molar-refractivity contribution in [3.05, 3.63) is 89.7 Å². The van der Waals surface area contributed by atoms with Crippen LogP contribution in [0.4, 0.5) is 10.5 Å². The highest BCUT2D eigenvalue weighted by Crippen LogP contribution is 2.17. The Hall–Kier alpha value is -3.80. The number of hydrogen-bond acceptors (Lipinski definition) is 3. The van der Waals surface area contributed by atoms with E-state index < -0.39 is 0 Å². The average molecular weight is 415 g/mol. The number of amides is 2. The summed E-state index contributed by atoms with van der Waals surface area (Å²) >= 11 is 0. The second-order valence-electron chi connectivity index (χ2n) is 7.52. The van der Waals surface area contributed by atoms with Gasteiger partial charge >= 0.3 is 6.03 Å². The number of aryl methyl sites for hydroxylation is 1. The zero-order chi connectivity index (χ0) is 21.6. The van der Waals surface area contributed by atoms with Crippen LogP contribution in [0.25, 0.3) is 11.0 Å². The smallest absolute Gasteiger partial charge is 0.322 e. The summed E-state index contributed by atoms with van der Waals surface area (Å²) in [5.74, 6) is 1.62. The number of carbonyl (C=O) groups is 1. The second kappa shape index (κ2) is 9.34. The predicted molar refractivity (Wildman–Crippen MR) is 123 cm³/mol. The summed E-state index contributed by atoms with van der Waals surface area (Å²) in [6.45, 7) is 3.11. The molecule has 0 radical (unpaired) electrons. The monoisotopic (exact) mass is 414 g/mol. The van der Waals surface area contributed by atoms with E-state index >= 15 is 0 Å². The predicted octanol–water partition coefficient (Wildman–Crippen LogP) is 5.16. The Labute approximate surface area is 181 Å². The van der Waals surface area contributed by atoms with Gasteiger partial charge in [-0.2, -0.15) is 0 Å². The lowest BCUT2D eigenvalue weighted by atomic mass is 10.1. The number of nitrogens with one attached hydrogen (secondary N) is 2. The van der Waals surface area contributed by atoms with Gasteiger partial charge in [-0.15, -0.1) is 0 Å². The first-order chi connectivity index (χ1) is 15.1. The number of ether oxygens (including phenoxy) is 1. The molecule has 1 heterocycles. The lowest BCUT2D eigenvalue weighted by molar-refractivity contribution is 0.209. The van der Waals surface area contributed by atoms with E-state index in [0.29, 0.717) is 19.5 Å². The fourth-order valence-corrected chi connectivity index (χ4v) is 3.41. The molecule has 6 heteroatoms. The maximum atomic E-state index is 13.1. The summed E-state index contributed by atoms with van der Waals surface area (Å²) in [6.07, 6.45) is 0.635. The Morgan fingerprint density at radius 1 is 1.03 bits per heavy atom. The highest BCUT2D eigenvalue weighted by Gasteiger charge is 2.16. The summed E-state index contributed by atoms with van der Waals surface area (Å²) < 4.78 is 5.19. The number of rotatable bonds is 7. The Morgan fingerprint density at radius 3 is 2.48 bits per heavy atom. The van der Waals surface area contributed by atoms with E-state index in [0.717, 1.165) is 33.9 Å². The van der Waals surface area contributed by atoms with Gasteiger partial charge in [0.2, 0.25) is 0 Å². The summed E-state index contributed by atoms with van der Waals surface area (Å²) in [5.41, 5.74) is 4.94. The van der Waals surface area contributed by atoms with Gasteiger partial charge in [0, 0.05) is 25.2 Å². The third-order valence-electron chi connectivity index (χ3n) is 5.18. The second-order valence-corrected chi connectivity index (χ2v) is 7.52. The molecule has 1 aromatic heterocycles. The minimum Gasteiger partial charge on any atom is -0.497 e. The van der Waals surface area contributed by atoms with Gasteiger partial charge in [-0.05, 0) is 48.9 Å².